The lowest BCUT2D eigenvalue weighted by Gasteiger charge is -2.34. The van der Waals surface area contributed by atoms with E-state index in [-0.39, 0.29) is 30.9 Å². The third-order valence-corrected chi connectivity index (χ3v) is 4.87. The largest absolute Gasteiger partial charge is 0.477 e. The minimum absolute atomic E-state index is 0.0503. The van der Waals surface area contributed by atoms with Gasteiger partial charge in [0.05, 0.1) is 30.9 Å². The van der Waals surface area contributed by atoms with Gasteiger partial charge in [-0.3, -0.25) is 9.59 Å². The molecule has 1 heterocycles. The van der Waals surface area contributed by atoms with Gasteiger partial charge in [0.1, 0.15) is 5.75 Å². The molecule has 0 saturated carbocycles. The van der Waals surface area contributed by atoms with Crippen molar-refractivity contribution >= 4 is 29.2 Å². The van der Waals surface area contributed by atoms with E-state index in [4.69, 9.17) is 9.47 Å². The highest BCUT2D eigenvalue weighted by atomic mass is 16.5. The van der Waals surface area contributed by atoms with Crippen LogP contribution in [0.3, 0.4) is 0 Å². The number of likely N-dealkylation sites (N-methyl/N-ethyl adjacent to an activating group) is 1. The molecule has 8 nitrogen and oxygen atoms in total. The Kier molecular flexibility index (Phi) is 7.48. The Hall–Kier alpha value is -3.55. The zero-order valence-electron chi connectivity index (χ0n) is 17.7. The van der Waals surface area contributed by atoms with E-state index in [0.717, 1.165) is 18.5 Å². The maximum absolute atomic E-state index is 12.6. The van der Waals surface area contributed by atoms with Gasteiger partial charge in [0.15, 0.2) is 6.10 Å². The SMILES string of the molecule is CCCCOC(=O)c1ccc(NC(=O)CN2C[C@H](C(=O)NC)Oc3ccccc32)cc1. The quantitative estimate of drug-likeness (QED) is 0.499. The number of nitrogens with zero attached hydrogens (tertiary/aromatic N) is 1. The van der Waals surface area contributed by atoms with Gasteiger partial charge in [-0.15, -0.1) is 0 Å². The molecule has 31 heavy (non-hydrogen) atoms. The van der Waals surface area contributed by atoms with E-state index in [0.29, 0.717) is 23.6 Å². The van der Waals surface area contributed by atoms with Crippen molar-refractivity contribution < 1.29 is 23.9 Å². The minimum Gasteiger partial charge on any atom is -0.477 e. The second kappa shape index (κ2) is 10.5. The lowest BCUT2D eigenvalue weighted by molar-refractivity contribution is -0.127. The standard InChI is InChI=1S/C23H27N3O5/c1-3-4-13-30-23(29)16-9-11-17(12-10-16)25-21(27)15-26-14-20(22(28)24-2)31-19-8-6-5-7-18(19)26/h5-12,20H,3-4,13-15H2,1-2H3,(H,24,28)(H,25,27)/t20-/m1/s1. The summed E-state index contributed by atoms with van der Waals surface area (Å²) in [5.41, 5.74) is 1.76. The first-order chi connectivity index (χ1) is 15.0. The number of hydrogen-bond donors (Lipinski definition) is 2. The van der Waals surface area contributed by atoms with Gasteiger partial charge in [0.25, 0.3) is 5.91 Å². The second-order valence-electron chi connectivity index (χ2n) is 7.18. The topological polar surface area (TPSA) is 97.0 Å². The summed E-state index contributed by atoms with van der Waals surface area (Å²) in [6.07, 6.45) is 1.08. The fraction of sp³-hybridized carbons (Fsp3) is 0.348. The van der Waals surface area contributed by atoms with E-state index in [2.05, 4.69) is 10.6 Å². The number of hydrogen-bond acceptors (Lipinski definition) is 6. The average molecular weight is 425 g/mol. The smallest absolute Gasteiger partial charge is 0.338 e. The number of nitrogens with one attached hydrogen (secondary N) is 2. The summed E-state index contributed by atoms with van der Waals surface area (Å²) in [6.45, 7) is 2.73. The Bertz CT molecular complexity index is 929. The maximum Gasteiger partial charge on any atom is 0.338 e. The highest BCUT2D eigenvalue weighted by Crippen LogP contribution is 2.33. The second-order valence-corrected chi connectivity index (χ2v) is 7.18. The molecule has 2 aromatic rings. The van der Waals surface area contributed by atoms with Gasteiger partial charge in [0, 0.05) is 12.7 Å². The molecule has 1 aliphatic rings. The number of unbranched alkanes of at least 4 members (excludes halogenated alkanes) is 1. The van der Waals surface area contributed by atoms with Crippen LogP contribution in [0, 0.1) is 0 Å². The van der Waals surface area contributed by atoms with Gasteiger partial charge in [-0.25, -0.2) is 4.79 Å². The number of rotatable bonds is 8. The number of carbonyl (C=O) groups excluding carboxylic acids is 3. The molecule has 0 unspecified atom stereocenters. The third-order valence-electron chi connectivity index (χ3n) is 4.87. The first-order valence-electron chi connectivity index (χ1n) is 10.3. The van der Waals surface area contributed by atoms with Crippen LogP contribution in [-0.2, 0) is 14.3 Å². The number of esters is 1. The van der Waals surface area contributed by atoms with Crippen LogP contribution in [0.5, 0.6) is 5.75 Å². The molecule has 1 atom stereocenters. The molecule has 3 rings (SSSR count). The van der Waals surface area contributed by atoms with Gasteiger partial charge < -0.3 is 25.0 Å². The summed E-state index contributed by atoms with van der Waals surface area (Å²) in [5.74, 6) is -0.315. The molecule has 1 aliphatic heterocycles. The molecule has 0 spiro atoms. The van der Waals surface area contributed by atoms with Gasteiger partial charge in [0.2, 0.25) is 5.91 Å². The summed E-state index contributed by atoms with van der Waals surface area (Å²) in [4.78, 5) is 38.5. The van der Waals surface area contributed by atoms with Gasteiger partial charge >= 0.3 is 5.97 Å². The van der Waals surface area contributed by atoms with Crippen molar-refractivity contribution in [3.8, 4) is 5.75 Å². The summed E-state index contributed by atoms with van der Waals surface area (Å²) < 4.78 is 10.9. The Morgan fingerprint density at radius 2 is 1.87 bits per heavy atom. The Morgan fingerprint density at radius 1 is 1.13 bits per heavy atom. The summed E-state index contributed by atoms with van der Waals surface area (Å²) in [6, 6.07) is 13.9. The van der Waals surface area contributed by atoms with Crippen molar-refractivity contribution in [3.05, 3.63) is 54.1 Å². The number of carbonyl (C=O) groups is 3. The predicted octanol–water partition coefficient (Wildman–Crippen LogP) is 2.60. The van der Waals surface area contributed by atoms with E-state index in [9.17, 15) is 14.4 Å². The van der Waals surface area contributed by atoms with Crippen LogP contribution < -0.4 is 20.3 Å². The number of anilines is 2. The summed E-state index contributed by atoms with van der Waals surface area (Å²) in [5, 5.41) is 5.40. The highest BCUT2D eigenvalue weighted by Gasteiger charge is 2.31. The highest BCUT2D eigenvalue weighted by molar-refractivity contribution is 5.96. The molecule has 164 valence electrons. The number of ether oxygens (including phenoxy) is 2. The number of benzene rings is 2. The van der Waals surface area contributed by atoms with Crippen molar-refractivity contribution in [2.75, 3.05) is 37.0 Å². The van der Waals surface area contributed by atoms with Crippen LogP contribution in [0.1, 0.15) is 30.1 Å². The molecule has 0 aliphatic carbocycles. The lowest BCUT2D eigenvalue weighted by Crippen LogP contribution is -2.50. The van der Waals surface area contributed by atoms with Crippen LogP contribution in [-0.4, -0.2) is 50.6 Å². The van der Waals surface area contributed by atoms with E-state index < -0.39 is 6.10 Å². The first kappa shape index (κ1) is 22.1. The zero-order chi connectivity index (χ0) is 22.2. The molecular formula is C23H27N3O5. The van der Waals surface area contributed by atoms with Crippen LogP contribution in [0.4, 0.5) is 11.4 Å². The molecule has 0 bridgehead atoms. The number of fused-ring (bicyclic) bond motifs is 1. The van der Waals surface area contributed by atoms with E-state index in [1.165, 1.54) is 0 Å². The van der Waals surface area contributed by atoms with Crippen LogP contribution >= 0.6 is 0 Å². The van der Waals surface area contributed by atoms with Crippen molar-refractivity contribution in [1.82, 2.24) is 5.32 Å². The Labute approximate surface area is 181 Å². The van der Waals surface area contributed by atoms with Gasteiger partial charge in [-0.1, -0.05) is 25.5 Å². The molecule has 2 aromatic carbocycles. The van der Waals surface area contributed by atoms with Crippen molar-refractivity contribution in [2.24, 2.45) is 0 Å². The average Bonchev–Trinajstić information content (AvgIpc) is 2.79. The fourth-order valence-electron chi connectivity index (χ4n) is 3.21. The van der Waals surface area contributed by atoms with Crippen molar-refractivity contribution in [1.29, 1.82) is 0 Å². The third kappa shape index (κ3) is 5.75. The van der Waals surface area contributed by atoms with Crippen LogP contribution in [0.15, 0.2) is 48.5 Å². The van der Waals surface area contributed by atoms with Crippen LogP contribution in [0.25, 0.3) is 0 Å². The lowest BCUT2D eigenvalue weighted by atomic mass is 10.1. The molecular weight excluding hydrogens is 398 g/mol. The van der Waals surface area contributed by atoms with E-state index in [1.54, 1.807) is 37.4 Å². The summed E-state index contributed by atoms with van der Waals surface area (Å²) >= 11 is 0. The molecule has 8 heteroatoms. The minimum atomic E-state index is -0.703. The van der Waals surface area contributed by atoms with E-state index >= 15 is 0 Å². The van der Waals surface area contributed by atoms with E-state index in [1.807, 2.05) is 30.0 Å². The van der Waals surface area contributed by atoms with Gasteiger partial charge in [-0.05, 0) is 42.8 Å². The monoisotopic (exact) mass is 425 g/mol. The molecule has 2 N–H and O–H groups in total. The fourth-order valence-corrected chi connectivity index (χ4v) is 3.21. The van der Waals surface area contributed by atoms with Crippen LogP contribution in [0.2, 0.25) is 0 Å². The molecule has 0 saturated heterocycles. The molecule has 0 radical (unpaired) electrons. The maximum atomic E-state index is 12.6. The molecule has 0 fully saturated rings. The van der Waals surface area contributed by atoms with Gasteiger partial charge in [-0.2, -0.15) is 0 Å². The Morgan fingerprint density at radius 3 is 2.58 bits per heavy atom. The first-order valence-corrected chi connectivity index (χ1v) is 10.3. The molecule has 2 amide bonds. The van der Waals surface area contributed by atoms with Crippen molar-refractivity contribution in [2.45, 2.75) is 25.9 Å². The Balaban J connectivity index is 1.62. The normalized spacial score (nSPS) is 14.8. The number of para-hydroxylation sites is 2. The zero-order valence-corrected chi connectivity index (χ0v) is 17.7. The predicted molar refractivity (Wildman–Crippen MR) is 117 cm³/mol. The summed E-state index contributed by atoms with van der Waals surface area (Å²) in [7, 11) is 1.55. The van der Waals surface area contributed by atoms with Crippen molar-refractivity contribution in [3.63, 3.8) is 0 Å². The number of amides is 2. The molecule has 0 aromatic heterocycles.